The minimum absolute atomic E-state index is 0.514. The van der Waals surface area contributed by atoms with Crippen LogP contribution in [0.4, 0.5) is 5.13 Å². The molecule has 0 saturated heterocycles. The molecule has 0 amide bonds. The monoisotopic (exact) mass is 256 g/mol. The largest absolute Gasteiger partial charge is 0.463 e. The van der Waals surface area contributed by atoms with Crippen LogP contribution < -0.4 is 5.73 Å². The van der Waals surface area contributed by atoms with Crippen molar-refractivity contribution >= 4 is 16.5 Å². The molecule has 2 N–H and O–H groups in total. The summed E-state index contributed by atoms with van der Waals surface area (Å²) in [6, 6.07) is 8.57. The molecule has 0 bridgehead atoms. The molecule has 0 saturated carbocycles. The number of aryl methyl sites for hydroxylation is 1. The molecule has 4 nitrogen and oxygen atoms in total. The lowest BCUT2D eigenvalue weighted by Crippen LogP contribution is -1.86. The summed E-state index contributed by atoms with van der Waals surface area (Å²) in [6.45, 7) is 1.95. The first-order chi connectivity index (χ1) is 8.75. The van der Waals surface area contributed by atoms with Crippen molar-refractivity contribution in [1.29, 1.82) is 0 Å². The average molecular weight is 256 g/mol. The predicted octanol–water partition coefficient (Wildman–Crippen LogP) is 3.16. The first-order valence-electron chi connectivity index (χ1n) is 5.39. The van der Waals surface area contributed by atoms with E-state index in [2.05, 4.69) is 16.0 Å². The Morgan fingerprint density at radius 3 is 3.06 bits per heavy atom. The number of pyridine rings is 1. The lowest BCUT2D eigenvalue weighted by Gasteiger charge is -2.02. The third-order valence-corrected chi connectivity index (χ3v) is 3.51. The fourth-order valence-corrected chi connectivity index (χ4v) is 2.66. The van der Waals surface area contributed by atoms with E-state index in [-0.39, 0.29) is 0 Å². The standard InChI is InChI=1S/C13H10N3OS/c1-8-9(4-2-6-15-8)12-11(16-13(14)18-12)10-5-3-7-17-10/h3-7H,1H3,(H2,14,16). The van der Waals surface area contributed by atoms with Gasteiger partial charge in [0.15, 0.2) is 10.9 Å². The molecule has 0 aliphatic carbocycles. The van der Waals surface area contributed by atoms with E-state index in [4.69, 9.17) is 10.2 Å². The van der Waals surface area contributed by atoms with Gasteiger partial charge in [-0.25, -0.2) is 4.98 Å². The number of nitrogen functional groups attached to an aromatic ring is 1. The highest BCUT2D eigenvalue weighted by atomic mass is 32.1. The molecule has 89 valence electrons. The van der Waals surface area contributed by atoms with Gasteiger partial charge in [-0.15, -0.1) is 0 Å². The zero-order valence-electron chi connectivity index (χ0n) is 9.68. The van der Waals surface area contributed by atoms with E-state index in [9.17, 15) is 0 Å². The average Bonchev–Trinajstić information content (AvgIpc) is 2.98. The van der Waals surface area contributed by atoms with Crippen LogP contribution in [0.5, 0.6) is 0 Å². The molecule has 0 aliphatic rings. The van der Waals surface area contributed by atoms with Gasteiger partial charge < -0.3 is 10.2 Å². The molecule has 0 unspecified atom stereocenters. The number of hydrogen-bond acceptors (Lipinski definition) is 5. The summed E-state index contributed by atoms with van der Waals surface area (Å²) in [5.41, 5.74) is 8.47. The number of hydrogen-bond donors (Lipinski definition) is 1. The van der Waals surface area contributed by atoms with Crippen LogP contribution in [-0.4, -0.2) is 9.97 Å². The summed E-state index contributed by atoms with van der Waals surface area (Å²) < 4.78 is 5.39. The van der Waals surface area contributed by atoms with Crippen molar-refractivity contribution in [3.63, 3.8) is 0 Å². The molecule has 0 spiro atoms. The molecule has 3 aromatic rings. The molecule has 0 aromatic carbocycles. The first-order valence-corrected chi connectivity index (χ1v) is 6.20. The topological polar surface area (TPSA) is 64.9 Å². The van der Waals surface area contributed by atoms with Crippen LogP contribution in [0.1, 0.15) is 5.69 Å². The van der Waals surface area contributed by atoms with Gasteiger partial charge in [0.2, 0.25) is 0 Å². The Bertz CT molecular complexity index is 673. The SMILES string of the molecule is Cc1nc[c]cc1-c1sc(N)nc1-c1ccco1. The van der Waals surface area contributed by atoms with Gasteiger partial charge in [0.1, 0.15) is 5.69 Å². The fraction of sp³-hybridized carbons (Fsp3) is 0.0769. The lowest BCUT2D eigenvalue weighted by molar-refractivity contribution is 0.581. The van der Waals surface area contributed by atoms with Gasteiger partial charge in [-0.05, 0) is 25.1 Å². The van der Waals surface area contributed by atoms with Gasteiger partial charge >= 0.3 is 0 Å². The Morgan fingerprint density at radius 1 is 1.44 bits per heavy atom. The Morgan fingerprint density at radius 2 is 2.33 bits per heavy atom. The van der Waals surface area contributed by atoms with Crippen LogP contribution in [0, 0.1) is 13.0 Å². The second kappa shape index (κ2) is 4.27. The summed E-state index contributed by atoms with van der Waals surface area (Å²) in [5.74, 6) is 0.709. The van der Waals surface area contributed by atoms with Gasteiger partial charge in [-0.1, -0.05) is 11.3 Å². The molecular formula is C13H10N3OS. The zero-order chi connectivity index (χ0) is 12.5. The highest BCUT2D eigenvalue weighted by Crippen LogP contribution is 2.38. The van der Waals surface area contributed by atoms with Gasteiger partial charge in [0.25, 0.3) is 0 Å². The zero-order valence-corrected chi connectivity index (χ0v) is 10.5. The molecule has 1 radical (unpaired) electrons. The Hall–Kier alpha value is -2.14. The van der Waals surface area contributed by atoms with Crippen LogP contribution >= 0.6 is 11.3 Å². The molecule has 3 rings (SSSR count). The maximum atomic E-state index is 5.81. The van der Waals surface area contributed by atoms with Crippen molar-refractivity contribution in [2.45, 2.75) is 6.92 Å². The van der Waals surface area contributed by atoms with Crippen LogP contribution in [0.15, 0.2) is 35.1 Å². The van der Waals surface area contributed by atoms with Crippen LogP contribution in [0.3, 0.4) is 0 Å². The van der Waals surface area contributed by atoms with Crippen molar-refractivity contribution in [2.24, 2.45) is 0 Å². The number of rotatable bonds is 2. The molecule has 18 heavy (non-hydrogen) atoms. The summed E-state index contributed by atoms with van der Waals surface area (Å²) in [7, 11) is 0. The minimum atomic E-state index is 0.514. The third-order valence-electron chi connectivity index (χ3n) is 2.59. The van der Waals surface area contributed by atoms with Crippen LogP contribution in [0.25, 0.3) is 21.9 Å². The predicted molar refractivity (Wildman–Crippen MR) is 71.0 cm³/mol. The molecule has 3 aromatic heterocycles. The summed E-state index contributed by atoms with van der Waals surface area (Å²) in [6.07, 6.45) is 3.27. The van der Waals surface area contributed by atoms with Crippen molar-refractivity contribution in [2.75, 3.05) is 5.73 Å². The fourth-order valence-electron chi connectivity index (χ4n) is 1.76. The van der Waals surface area contributed by atoms with Crippen LogP contribution in [-0.2, 0) is 0 Å². The Labute approximate surface area is 108 Å². The molecule has 0 aliphatic heterocycles. The number of furan rings is 1. The quantitative estimate of drug-likeness (QED) is 0.765. The van der Waals surface area contributed by atoms with Crippen molar-refractivity contribution in [3.05, 3.63) is 42.4 Å². The number of nitrogens with two attached hydrogens (primary N) is 1. The van der Waals surface area contributed by atoms with E-state index in [1.807, 2.05) is 25.1 Å². The number of thiazole rings is 1. The normalized spacial score (nSPS) is 10.7. The summed E-state index contributed by atoms with van der Waals surface area (Å²) >= 11 is 1.43. The van der Waals surface area contributed by atoms with E-state index in [0.717, 1.165) is 21.8 Å². The van der Waals surface area contributed by atoms with E-state index in [1.54, 1.807) is 12.5 Å². The number of nitrogens with zero attached hydrogens (tertiary/aromatic N) is 2. The van der Waals surface area contributed by atoms with Crippen molar-refractivity contribution in [1.82, 2.24) is 9.97 Å². The molecule has 0 fully saturated rings. The smallest absolute Gasteiger partial charge is 0.181 e. The van der Waals surface area contributed by atoms with Gasteiger partial charge in [-0.3, -0.25) is 4.98 Å². The van der Waals surface area contributed by atoms with Gasteiger partial charge in [-0.2, -0.15) is 0 Å². The second-order valence-electron chi connectivity index (χ2n) is 3.78. The molecular weight excluding hydrogens is 246 g/mol. The molecule has 3 heterocycles. The van der Waals surface area contributed by atoms with Gasteiger partial charge in [0, 0.05) is 23.5 Å². The number of anilines is 1. The van der Waals surface area contributed by atoms with Gasteiger partial charge in [0.05, 0.1) is 11.1 Å². The lowest BCUT2D eigenvalue weighted by atomic mass is 10.1. The van der Waals surface area contributed by atoms with E-state index in [1.165, 1.54) is 11.3 Å². The van der Waals surface area contributed by atoms with E-state index >= 15 is 0 Å². The maximum absolute atomic E-state index is 5.81. The number of aromatic nitrogens is 2. The first kappa shape index (κ1) is 11.0. The second-order valence-corrected chi connectivity index (χ2v) is 4.81. The molecule has 0 atom stereocenters. The minimum Gasteiger partial charge on any atom is -0.463 e. The maximum Gasteiger partial charge on any atom is 0.181 e. The highest BCUT2D eigenvalue weighted by Gasteiger charge is 2.17. The highest BCUT2D eigenvalue weighted by molar-refractivity contribution is 7.19. The van der Waals surface area contributed by atoms with Crippen molar-refractivity contribution in [3.8, 4) is 21.9 Å². The third kappa shape index (κ3) is 1.78. The Balaban J connectivity index is 2.22. The Kier molecular flexibility index (Phi) is 2.60. The molecule has 5 heteroatoms. The van der Waals surface area contributed by atoms with E-state index < -0.39 is 0 Å². The summed E-state index contributed by atoms with van der Waals surface area (Å²) in [5, 5.41) is 0.514. The van der Waals surface area contributed by atoms with E-state index in [0.29, 0.717) is 10.9 Å². The van der Waals surface area contributed by atoms with Crippen LogP contribution in [0.2, 0.25) is 0 Å². The summed E-state index contributed by atoms with van der Waals surface area (Å²) in [4.78, 5) is 9.53. The van der Waals surface area contributed by atoms with Crippen molar-refractivity contribution < 1.29 is 4.42 Å².